The van der Waals surface area contributed by atoms with Crippen LogP contribution >= 0.6 is 11.6 Å². The molecule has 0 spiro atoms. The number of nitrogens with one attached hydrogen (secondary N) is 2. The highest BCUT2D eigenvalue weighted by molar-refractivity contribution is 6.31. The van der Waals surface area contributed by atoms with Crippen molar-refractivity contribution in [2.24, 2.45) is 0 Å². The molecule has 2 aromatic carbocycles. The van der Waals surface area contributed by atoms with E-state index in [0.29, 0.717) is 22.0 Å². The Morgan fingerprint density at radius 2 is 2.06 bits per heavy atom. The number of cyclic esters (lactones) is 1. The Balaban J connectivity index is 1.51. The number of hydrogen-bond donors (Lipinski definition) is 2. The van der Waals surface area contributed by atoms with Gasteiger partial charge in [0, 0.05) is 11.6 Å². The van der Waals surface area contributed by atoms with Crippen LogP contribution in [0.25, 0.3) is 0 Å². The van der Waals surface area contributed by atoms with Gasteiger partial charge in [-0.3, -0.25) is 9.69 Å². The number of halogens is 1. The molecule has 2 aromatic rings. The molecule has 31 heavy (non-hydrogen) atoms. The summed E-state index contributed by atoms with van der Waals surface area (Å²) in [5, 5.41) is 5.96. The molecule has 8 nitrogen and oxygen atoms in total. The zero-order valence-corrected chi connectivity index (χ0v) is 17.4. The molecule has 2 aliphatic heterocycles. The Bertz CT molecular complexity index is 1080. The summed E-state index contributed by atoms with van der Waals surface area (Å²) < 4.78 is 10.3. The third-order valence-corrected chi connectivity index (χ3v) is 5.48. The predicted octanol–water partition coefficient (Wildman–Crippen LogP) is 2.54. The van der Waals surface area contributed by atoms with Gasteiger partial charge in [0.15, 0.2) is 0 Å². The number of carbonyl (C=O) groups is 3. The standard InChI is InChI=1S/C22H20ClN3O5/c1-30-14-6-4-5-13(9-14)10-24-18(27)11-26-17-12-31-21(28)19(17)20(25-22(26)29)15-7-2-3-8-16(15)23/h2-9,20H,10-12H2,1H3,(H,24,27)(H,25,29). The van der Waals surface area contributed by atoms with Gasteiger partial charge in [-0.15, -0.1) is 0 Å². The molecule has 0 radical (unpaired) electrons. The van der Waals surface area contributed by atoms with Crippen molar-refractivity contribution in [3.05, 3.63) is 76.0 Å². The molecule has 0 aliphatic carbocycles. The molecule has 1 unspecified atom stereocenters. The summed E-state index contributed by atoms with van der Waals surface area (Å²) in [5.41, 5.74) is 2.10. The van der Waals surface area contributed by atoms with Crippen LogP contribution < -0.4 is 15.4 Å². The number of hydrogen-bond acceptors (Lipinski definition) is 5. The maximum Gasteiger partial charge on any atom is 0.338 e. The summed E-state index contributed by atoms with van der Waals surface area (Å²) in [6.07, 6.45) is 0. The van der Waals surface area contributed by atoms with E-state index in [1.165, 1.54) is 4.90 Å². The summed E-state index contributed by atoms with van der Waals surface area (Å²) in [4.78, 5) is 39.0. The van der Waals surface area contributed by atoms with Gasteiger partial charge in [0.2, 0.25) is 5.91 Å². The largest absolute Gasteiger partial charge is 0.497 e. The van der Waals surface area contributed by atoms with E-state index in [2.05, 4.69) is 10.6 Å². The Morgan fingerprint density at radius 3 is 2.84 bits per heavy atom. The van der Waals surface area contributed by atoms with Crippen LogP contribution in [0.5, 0.6) is 5.75 Å². The molecule has 0 fully saturated rings. The van der Waals surface area contributed by atoms with Crippen LogP contribution in [-0.2, 0) is 20.9 Å². The van der Waals surface area contributed by atoms with Crippen molar-refractivity contribution < 1.29 is 23.9 Å². The van der Waals surface area contributed by atoms with E-state index in [1.54, 1.807) is 31.4 Å². The van der Waals surface area contributed by atoms with Crippen molar-refractivity contribution in [1.29, 1.82) is 0 Å². The smallest absolute Gasteiger partial charge is 0.338 e. The second-order valence-electron chi connectivity index (χ2n) is 7.05. The molecular formula is C22H20ClN3O5. The molecule has 0 aromatic heterocycles. The fraction of sp³-hybridized carbons (Fsp3) is 0.227. The number of rotatable bonds is 6. The number of esters is 1. The van der Waals surface area contributed by atoms with E-state index in [1.807, 2.05) is 24.3 Å². The SMILES string of the molecule is COc1cccc(CNC(=O)CN2C(=O)NC(c3ccccc3Cl)C3=C2COC3=O)c1. The van der Waals surface area contributed by atoms with Gasteiger partial charge in [0.25, 0.3) is 0 Å². The maximum absolute atomic E-state index is 12.8. The zero-order chi connectivity index (χ0) is 22.0. The number of ether oxygens (including phenoxy) is 2. The molecule has 1 atom stereocenters. The van der Waals surface area contributed by atoms with E-state index in [9.17, 15) is 14.4 Å². The van der Waals surface area contributed by atoms with Gasteiger partial charge in [0.1, 0.15) is 18.9 Å². The minimum absolute atomic E-state index is 0.0777. The maximum atomic E-state index is 12.8. The van der Waals surface area contributed by atoms with E-state index in [4.69, 9.17) is 21.1 Å². The first-order chi connectivity index (χ1) is 15.0. The Hall–Kier alpha value is -3.52. The van der Waals surface area contributed by atoms with E-state index in [-0.39, 0.29) is 31.2 Å². The lowest BCUT2D eigenvalue weighted by molar-refractivity contribution is -0.136. The first kappa shape index (κ1) is 20.7. The van der Waals surface area contributed by atoms with Gasteiger partial charge in [0.05, 0.1) is 24.4 Å². The Labute approximate surface area is 183 Å². The molecule has 0 bridgehead atoms. The Morgan fingerprint density at radius 1 is 1.26 bits per heavy atom. The molecule has 2 N–H and O–H groups in total. The Kier molecular flexibility index (Phi) is 5.81. The van der Waals surface area contributed by atoms with Gasteiger partial charge >= 0.3 is 12.0 Å². The highest BCUT2D eigenvalue weighted by atomic mass is 35.5. The predicted molar refractivity (Wildman–Crippen MR) is 112 cm³/mol. The van der Waals surface area contributed by atoms with E-state index >= 15 is 0 Å². The number of carbonyl (C=O) groups excluding carboxylic acids is 3. The van der Waals surface area contributed by atoms with Crippen LogP contribution in [0.15, 0.2) is 59.8 Å². The van der Waals surface area contributed by atoms with Crippen molar-refractivity contribution in [3.63, 3.8) is 0 Å². The first-order valence-corrected chi connectivity index (χ1v) is 9.98. The van der Waals surface area contributed by atoms with Gasteiger partial charge in [-0.05, 0) is 29.3 Å². The second kappa shape index (κ2) is 8.69. The molecule has 160 valence electrons. The minimum atomic E-state index is -0.734. The lowest BCUT2D eigenvalue weighted by Crippen LogP contribution is -2.50. The molecule has 2 aliphatic rings. The lowest BCUT2D eigenvalue weighted by atomic mass is 9.95. The van der Waals surface area contributed by atoms with Crippen LogP contribution in [0.3, 0.4) is 0 Å². The van der Waals surface area contributed by atoms with Crippen molar-refractivity contribution in [1.82, 2.24) is 15.5 Å². The number of benzene rings is 2. The number of amides is 3. The summed E-state index contributed by atoms with van der Waals surface area (Å²) >= 11 is 6.27. The summed E-state index contributed by atoms with van der Waals surface area (Å²) in [6.45, 7) is -0.0543. The third-order valence-electron chi connectivity index (χ3n) is 5.14. The topological polar surface area (TPSA) is 97.0 Å². The quantitative estimate of drug-likeness (QED) is 0.671. The molecule has 3 amide bonds. The normalized spacial score (nSPS) is 17.7. The van der Waals surface area contributed by atoms with Crippen LogP contribution in [0.4, 0.5) is 4.79 Å². The molecule has 9 heteroatoms. The summed E-state index contributed by atoms with van der Waals surface area (Å²) in [6, 6.07) is 13.0. The second-order valence-corrected chi connectivity index (χ2v) is 7.46. The molecule has 0 saturated heterocycles. The summed E-state index contributed by atoms with van der Waals surface area (Å²) in [7, 11) is 1.57. The van der Waals surface area contributed by atoms with E-state index < -0.39 is 18.0 Å². The van der Waals surface area contributed by atoms with Crippen LogP contribution in [0.2, 0.25) is 5.02 Å². The van der Waals surface area contributed by atoms with Crippen molar-refractivity contribution >= 4 is 29.5 Å². The first-order valence-electron chi connectivity index (χ1n) is 9.60. The van der Waals surface area contributed by atoms with Crippen LogP contribution in [0.1, 0.15) is 17.2 Å². The van der Waals surface area contributed by atoms with Gasteiger partial charge in [-0.25, -0.2) is 9.59 Å². The fourth-order valence-electron chi connectivity index (χ4n) is 3.60. The van der Waals surface area contributed by atoms with Crippen molar-refractivity contribution in [2.75, 3.05) is 20.3 Å². The fourth-order valence-corrected chi connectivity index (χ4v) is 3.85. The van der Waals surface area contributed by atoms with Crippen LogP contribution in [0, 0.1) is 0 Å². The number of methoxy groups -OCH3 is 1. The number of nitrogens with zero attached hydrogens (tertiary/aromatic N) is 1. The monoisotopic (exact) mass is 441 g/mol. The number of urea groups is 1. The van der Waals surface area contributed by atoms with Gasteiger partial charge in [-0.1, -0.05) is 41.9 Å². The van der Waals surface area contributed by atoms with Gasteiger partial charge < -0.3 is 20.1 Å². The molecule has 4 rings (SSSR count). The lowest BCUT2D eigenvalue weighted by Gasteiger charge is -2.32. The molecular weight excluding hydrogens is 422 g/mol. The highest BCUT2D eigenvalue weighted by Gasteiger charge is 2.43. The highest BCUT2D eigenvalue weighted by Crippen LogP contribution is 2.37. The average Bonchev–Trinajstić information content (AvgIpc) is 3.16. The molecule has 0 saturated carbocycles. The average molecular weight is 442 g/mol. The van der Waals surface area contributed by atoms with Crippen LogP contribution in [-0.4, -0.2) is 43.1 Å². The third kappa shape index (κ3) is 4.20. The minimum Gasteiger partial charge on any atom is -0.497 e. The van der Waals surface area contributed by atoms with Crippen molar-refractivity contribution in [2.45, 2.75) is 12.6 Å². The van der Waals surface area contributed by atoms with E-state index in [0.717, 1.165) is 5.56 Å². The zero-order valence-electron chi connectivity index (χ0n) is 16.7. The molecule has 2 heterocycles. The van der Waals surface area contributed by atoms with Gasteiger partial charge in [-0.2, -0.15) is 0 Å². The summed E-state index contributed by atoms with van der Waals surface area (Å²) in [5.74, 6) is -0.230. The van der Waals surface area contributed by atoms with Crippen molar-refractivity contribution in [3.8, 4) is 5.75 Å².